The average Bonchev–Trinajstić information content (AvgIpc) is 3.06. The molecule has 1 aromatic heterocycles. The molecule has 2 amide bonds. The molecule has 1 aliphatic heterocycles. The van der Waals surface area contributed by atoms with Crippen LogP contribution in [0.5, 0.6) is 0 Å². The van der Waals surface area contributed by atoms with Gasteiger partial charge >= 0.3 is 0 Å². The van der Waals surface area contributed by atoms with Crippen molar-refractivity contribution in [1.82, 2.24) is 9.80 Å². The van der Waals surface area contributed by atoms with Gasteiger partial charge in [-0.2, -0.15) is 0 Å². The van der Waals surface area contributed by atoms with Gasteiger partial charge in [0, 0.05) is 17.3 Å². The van der Waals surface area contributed by atoms with E-state index >= 15 is 0 Å². The first-order valence-corrected chi connectivity index (χ1v) is 9.73. The molecule has 1 saturated heterocycles. The molecule has 24 heavy (non-hydrogen) atoms. The van der Waals surface area contributed by atoms with E-state index in [2.05, 4.69) is 13.8 Å². The number of piperazine rings is 1. The van der Waals surface area contributed by atoms with Crippen molar-refractivity contribution < 1.29 is 14.7 Å². The number of β-amino-alcohol motifs (C(OH)–C–C–N with tert-alkyl or cyclic N) is 1. The molecule has 1 unspecified atom stereocenters. The Hall–Kier alpha value is -1.40. The van der Waals surface area contributed by atoms with Crippen LogP contribution in [0.15, 0.2) is 17.5 Å². The Kier molecular flexibility index (Phi) is 7.24. The molecule has 1 aliphatic rings. The zero-order chi connectivity index (χ0) is 17.5. The molecule has 1 aromatic rings. The third-order valence-corrected chi connectivity index (χ3v) is 5.44. The number of carbonyl (C=O) groups excluding carboxylic acids is 2. The molecule has 134 valence electrons. The molecule has 1 fully saturated rings. The van der Waals surface area contributed by atoms with Crippen LogP contribution in [0.2, 0.25) is 0 Å². The van der Waals surface area contributed by atoms with Crippen LogP contribution in [0.25, 0.3) is 0 Å². The lowest BCUT2D eigenvalue weighted by molar-refractivity contribution is -0.161. The highest BCUT2D eigenvalue weighted by molar-refractivity contribution is 7.09. The van der Waals surface area contributed by atoms with Crippen molar-refractivity contribution in [3.8, 4) is 0 Å². The van der Waals surface area contributed by atoms with Crippen molar-refractivity contribution in [3.05, 3.63) is 22.4 Å². The maximum Gasteiger partial charge on any atom is 0.244 e. The summed E-state index contributed by atoms with van der Waals surface area (Å²) in [4.78, 5) is 29.3. The summed E-state index contributed by atoms with van der Waals surface area (Å²) in [5.74, 6) is -0.174. The molecule has 0 radical (unpaired) electrons. The third-order valence-electron chi connectivity index (χ3n) is 4.50. The smallest absolute Gasteiger partial charge is 0.244 e. The second-order valence-corrected chi connectivity index (χ2v) is 7.42. The molecule has 5 nitrogen and oxygen atoms in total. The summed E-state index contributed by atoms with van der Waals surface area (Å²) in [6, 6.07) is 4.01. The molecule has 6 heteroatoms. The number of rotatable bonds is 8. The third kappa shape index (κ3) is 4.80. The summed E-state index contributed by atoms with van der Waals surface area (Å²) in [6.45, 7) is 4.94. The summed E-state index contributed by atoms with van der Waals surface area (Å²) in [5.41, 5.74) is 0. The van der Waals surface area contributed by atoms with E-state index in [9.17, 15) is 14.7 Å². The van der Waals surface area contributed by atoms with E-state index in [1.54, 1.807) is 16.2 Å². The first kappa shape index (κ1) is 18.9. The fraction of sp³-hybridized carbons (Fsp3) is 0.667. The van der Waals surface area contributed by atoms with Gasteiger partial charge in [-0.15, -0.1) is 11.3 Å². The number of amides is 2. The molecule has 0 spiro atoms. The van der Waals surface area contributed by atoms with Gasteiger partial charge < -0.3 is 14.9 Å². The highest BCUT2D eigenvalue weighted by atomic mass is 32.1. The van der Waals surface area contributed by atoms with E-state index in [1.807, 2.05) is 17.5 Å². The number of carbonyl (C=O) groups is 2. The van der Waals surface area contributed by atoms with Crippen molar-refractivity contribution in [2.45, 2.75) is 52.2 Å². The van der Waals surface area contributed by atoms with Gasteiger partial charge in [0.2, 0.25) is 11.8 Å². The predicted octanol–water partition coefficient (Wildman–Crippen LogP) is 2.50. The number of hydrogen-bond donors (Lipinski definition) is 1. The molecule has 0 aliphatic carbocycles. The van der Waals surface area contributed by atoms with E-state index < -0.39 is 6.23 Å². The number of nitrogens with zero attached hydrogens (tertiary/aromatic N) is 2. The Labute approximate surface area is 148 Å². The summed E-state index contributed by atoms with van der Waals surface area (Å²) >= 11 is 1.65. The van der Waals surface area contributed by atoms with Gasteiger partial charge in [0.25, 0.3) is 0 Å². The molecular formula is C18H28N2O3S. The minimum atomic E-state index is -0.904. The number of hydrogen-bond acceptors (Lipinski definition) is 4. The topological polar surface area (TPSA) is 60.9 Å². The molecule has 0 bridgehead atoms. The Balaban J connectivity index is 1.93. The molecule has 2 heterocycles. The van der Waals surface area contributed by atoms with Crippen molar-refractivity contribution >= 4 is 23.2 Å². The zero-order valence-corrected chi connectivity index (χ0v) is 15.4. The Bertz CT molecular complexity index is 526. The van der Waals surface area contributed by atoms with Crippen LogP contribution in [-0.4, -0.2) is 52.6 Å². The molecule has 1 N–H and O–H groups in total. The maximum absolute atomic E-state index is 12.7. The zero-order valence-electron chi connectivity index (χ0n) is 14.6. The molecule has 1 atom stereocenters. The minimum absolute atomic E-state index is 0.0176. The number of aliphatic hydroxyl groups is 1. The summed E-state index contributed by atoms with van der Waals surface area (Å²) in [6.07, 6.45) is 3.42. The summed E-state index contributed by atoms with van der Waals surface area (Å²) in [5, 5.41) is 12.3. The maximum atomic E-state index is 12.7. The van der Waals surface area contributed by atoms with E-state index in [-0.39, 0.29) is 30.8 Å². The highest BCUT2D eigenvalue weighted by Crippen LogP contribution is 2.20. The predicted molar refractivity (Wildman–Crippen MR) is 95.6 cm³/mol. The lowest BCUT2D eigenvalue weighted by Crippen LogP contribution is -2.59. The number of thiophene rings is 1. The van der Waals surface area contributed by atoms with Crippen LogP contribution in [0.3, 0.4) is 0 Å². The molecule has 2 rings (SSSR count). The normalized spacial score (nSPS) is 18.5. The van der Waals surface area contributed by atoms with Gasteiger partial charge in [-0.25, -0.2) is 0 Å². The monoisotopic (exact) mass is 352 g/mol. The van der Waals surface area contributed by atoms with Crippen LogP contribution in [-0.2, 0) is 16.0 Å². The van der Waals surface area contributed by atoms with Crippen molar-refractivity contribution in [2.75, 3.05) is 19.6 Å². The second-order valence-electron chi connectivity index (χ2n) is 6.39. The molecule has 0 aromatic carbocycles. The van der Waals surface area contributed by atoms with Crippen molar-refractivity contribution in [3.63, 3.8) is 0 Å². The van der Waals surface area contributed by atoms with Gasteiger partial charge in [0.05, 0.1) is 13.1 Å². The van der Waals surface area contributed by atoms with Gasteiger partial charge in [-0.1, -0.05) is 32.8 Å². The molecular weight excluding hydrogens is 324 g/mol. The lowest BCUT2D eigenvalue weighted by atomic mass is 9.96. The van der Waals surface area contributed by atoms with Gasteiger partial charge in [0.1, 0.15) is 6.23 Å². The Morgan fingerprint density at radius 2 is 2.08 bits per heavy atom. The molecule has 0 saturated carbocycles. The van der Waals surface area contributed by atoms with Crippen LogP contribution in [0.1, 0.15) is 44.4 Å². The lowest BCUT2D eigenvalue weighted by Gasteiger charge is -2.39. The van der Waals surface area contributed by atoms with Gasteiger partial charge in [-0.3, -0.25) is 9.59 Å². The Morgan fingerprint density at radius 1 is 1.38 bits per heavy atom. The standard InChI is InChI=1S/C18H28N2O3S/c1-3-6-14(7-4-2)18(23)19-12-16(21)20(17(22)13-19)10-9-15-8-5-11-24-15/h5,8,11,14,16,21H,3-4,6-7,9-10,12-13H2,1-2H3. The van der Waals surface area contributed by atoms with Crippen LogP contribution in [0.4, 0.5) is 0 Å². The largest absolute Gasteiger partial charge is 0.372 e. The van der Waals surface area contributed by atoms with Crippen molar-refractivity contribution in [2.24, 2.45) is 5.92 Å². The SMILES string of the molecule is CCCC(CCC)C(=O)N1CC(=O)N(CCc2cccs2)C(O)C1. The summed E-state index contributed by atoms with van der Waals surface area (Å²) in [7, 11) is 0. The fourth-order valence-corrected chi connectivity index (χ4v) is 3.95. The van der Waals surface area contributed by atoms with Crippen LogP contribution >= 0.6 is 11.3 Å². The fourth-order valence-electron chi connectivity index (χ4n) is 3.25. The summed E-state index contributed by atoms with van der Waals surface area (Å²) < 4.78 is 0. The van der Waals surface area contributed by atoms with E-state index in [0.717, 1.165) is 32.1 Å². The first-order valence-electron chi connectivity index (χ1n) is 8.85. The average molecular weight is 352 g/mol. The van der Waals surface area contributed by atoms with E-state index in [1.165, 1.54) is 9.78 Å². The van der Waals surface area contributed by atoms with Crippen LogP contribution in [0, 0.1) is 5.92 Å². The van der Waals surface area contributed by atoms with Crippen LogP contribution < -0.4 is 0 Å². The van der Waals surface area contributed by atoms with E-state index in [0.29, 0.717) is 6.54 Å². The second kappa shape index (κ2) is 9.18. The van der Waals surface area contributed by atoms with Gasteiger partial charge in [0.15, 0.2) is 0 Å². The number of aliphatic hydroxyl groups excluding tert-OH is 1. The first-order chi connectivity index (χ1) is 11.6. The van der Waals surface area contributed by atoms with Gasteiger partial charge in [-0.05, 0) is 30.7 Å². The van der Waals surface area contributed by atoms with Crippen molar-refractivity contribution in [1.29, 1.82) is 0 Å². The van der Waals surface area contributed by atoms with E-state index in [4.69, 9.17) is 0 Å². The quantitative estimate of drug-likeness (QED) is 0.782. The minimum Gasteiger partial charge on any atom is -0.372 e. The highest BCUT2D eigenvalue weighted by Gasteiger charge is 2.35. The Morgan fingerprint density at radius 3 is 2.62 bits per heavy atom.